The van der Waals surface area contributed by atoms with Gasteiger partial charge in [0.1, 0.15) is 17.1 Å². The summed E-state index contributed by atoms with van der Waals surface area (Å²) >= 11 is 0. The second-order valence-electron chi connectivity index (χ2n) is 10.6. The Morgan fingerprint density at radius 1 is 1.22 bits per heavy atom. The van der Waals surface area contributed by atoms with E-state index < -0.39 is 51.4 Å². The molecule has 0 bridgehead atoms. The Morgan fingerprint density at radius 3 is 2.63 bits per heavy atom. The first-order valence-corrected chi connectivity index (χ1v) is 14.7. The Hall–Kier alpha value is -3.39. The largest absolute Gasteiger partial charge is 0.492 e. The Labute approximate surface area is 234 Å². The predicted molar refractivity (Wildman–Crippen MR) is 139 cm³/mol. The molecule has 0 radical (unpaired) electrons. The van der Waals surface area contributed by atoms with Gasteiger partial charge in [-0.2, -0.15) is 13.2 Å². The van der Waals surface area contributed by atoms with Crippen molar-refractivity contribution in [1.82, 2.24) is 9.80 Å². The van der Waals surface area contributed by atoms with E-state index in [0.29, 0.717) is 42.5 Å². The van der Waals surface area contributed by atoms with Gasteiger partial charge >= 0.3 is 18.1 Å². The molecule has 2 aliphatic heterocycles. The summed E-state index contributed by atoms with van der Waals surface area (Å²) in [6.45, 7) is 3.00. The van der Waals surface area contributed by atoms with Crippen molar-refractivity contribution in [1.29, 1.82) is 0 Å². The number of carbonyl (C=O) groups is 2. The molecule has 0 spiro atoms. The molecule has 2 aromatic carbocycles. The molecule has 1 aliphatic carbocycles. The molecule has 9 nitrogen and oxygen atoms in total. The molecule has 3 aliphatic rings. The molecule has 1 saturated carbocycles. The highest BCUT2D eigenvalue weighted by atomic mass is 32.2. The van der Waals surface area contributed by atoms with Crippen LogP contribution in [0.1, 0.15) is 47.2 Å². The number of benzene rings is 2. The topological polar surface area (TPSA) is 116 Å². The third-order valence-electron chi connectivity index (χ3n) is 7.98. The van der Waals surface area contributed by atoms with Gasteiger partial charge in [0, 0.05) is 31.6 Å². The molecule has 14 heteroatoms. The first-order chi connectivity index (χ1) is 19.3. The van der Waals surface area contributed by atoms with Gasteiger partial charge in [-0.3, -0.25) is 9.52 Å². The lowest BCUT2D eigenvalue weighted by molar-refractivity contribution is -0.187. The highest BCUT2D eigenvalue weighted by Crippen LogP contribution is 2.55. The SMILES string of the molecule is CCN1CC[C@@H](N(CCc2cc(F)ccc2S(=O)(=O)Nc2ccc3c(c2C(=O)O)OC[C@@H]2C[C@H]32)C(=O)C(F)(F)F)C1. The van der Waals surface area contributed by atoms with E-state index in [9.17, 15) is 40.7 Å². The zero-order chi connectivity index (χ0) is 29.7. The Kier molecular flexibility index (Phi) is 7.66. The maximum atomic E-state index is 14.3. The number of nitrogens with zero attached hydrogens (tertiary/aromatic N) is 2. The van der Waals surface area contributed by atoms with Gasteiger partial charge in [0.25, 0.3) is 10.0 Å². The van der Waals surface area contributed by atoms with Crippen LogP contribution >= 0.6 is 0 Å². The molecule has 3 atom stereocenters. The molecule has 2 N–H and O–H groups in total. The van der Waals surface area contributed by atoms with Crippen LogP contribution in [0.5, 0.6) is 5.75 Å². The highest BCUT2D eigenvalue weighted by Gasteiger charge is 2.46. The zero-order valence-electron chi connectivity index (χ0n) is 22.1. The molecule has 1 amide bonds. The standard InChI is InChI=1S/C27H29F4N3O6S/c1-2-33-9-8-18(13-33)34(26(37)27(29,30)31)10-7-15-11-17(28)3-6-22(15)41(38,39)32-21-5-4-19-20-12-16(20)14-40-24(19)23(21)25(35)36/h3-6,11,16,18,20,32H,2,7-10,12-14H2,1H3,(H,35,36)/t16-,18+,20-/m0/s1. The summed E-state index contributed by atoms with van der Waals surface area (Å²) in [5.74, 6) is -3.73. The number of likely N-dealkylation sites (N-methyl/N-ethyl adjacent to an activating group) is 1. The highest BCUT2D eigenvalue weighted by molar-refractivity contribution is 7.92. The number of aromatic carboxylic acids is 1. The number of carboxylic acid groups (broad SMARTS) is 1. The van der Waals surface area contributed by atoms with E-state index in [2.05, 4.69) is 4.72 Å². The van der Waals surface area contributed by atoms with Crippen molar-refractivity contribution >= 4 is 27.6 Å². The monoisotopic (exact) mass is 599 g/mol. The van der Waals surface area contributed by atoms with Gasteiger partial charge in [-0.25, -0.2) is 17.6 Å². The van der Waals surface area contributed by atoms with Gasteiger partial charge in [-0.15, -0.1) is 0 Å². The van der Waals surface area contributed by atoms with Crippen molar-refractivity contribution in [2.45, 2.75) is 49.2 Å². The third kappa shape index (κ3) is 5.85. The van der Waals surface area contributed by atoms with Crippen molar-refractivity contribution in [2.75, 3.05) is 37.5 Å². The van der Waals surface area contributed by atoms with Crippen molar-refractivity contribution in [3.63, 3.8) is 0 Å². The number of nitrogens with one attached hydrogen (secondary N) is 1. The van der Waals surface area contributed by atoms with Crippen LogP contribution in [0.25, 0.3) is 0 Å². The smallest absolute Gasteiger partial charge is 0.471 e. The molecule has 2 fully saturated rings. The third-order valence-corrected chi connectivity index (χ3v) is 9.45. The van der Waals surface area contributed by atoms with Crippen molar-refractivity contribution < 1.29 is 45.4 Å². The number of hydrogen-bond acceptors (Lipinski definition) is 6. The van der Waals surface area contributed by atoms with Crippen LogP contribution in [0.15, 0.2) is 35.2 Å². The molecule has 222 valence electrons. The minimum atomic E-state index is -5.14. The lowest BCUT2D eigenvalue weighted by Crippen LogP contribution is -2.49. The Morgan fingerprint density at radius 2 is 1.98 bits per heavy atom. The summed E-state index contributed by atoms with van der Waals surface area (Å²) in [6, 6.07) is 4.93. The van der Waals surface area contributed by atoms with Gasteiger partial charge in [0.05, 0.1) is 17.2 Å². The number of alkyl halides is 3. The minimum Gasteiger partial charge on any atom is -0.492 e. The maximum absolute atomic E-state index is 14.3. The average Bonchev–Trinajstić information content (AvgIpc) is 3.55. The van der Waals surface area contributed by atoms with Gasteiger partial charge < -0.3 is 19.6 Å². The maximum Gasteiger partial charge on any atom is 0.471 e. The van der Waals surface area contributed by atoms with Gasteiger partial charge in [0.2, 0.25) is 0 Å². The Balaban J connectivity index is 1.43. The van der Waals surface area contributed by atoms with Crippen molar-refractivity contribution in [3.05, 3.63) is 52.8 Å². The summed E-state index contributed by atoms with van der Waals surface area (Å²) in [7, 11) is -4.54. The van der Waals surface area contributed by atoms with Crippen LogP contribution in [0.3, 0.4) is 0 Å². The molecule has 0 unspecified atom stereocenters. The van der Waals surface area contributed by atoms with Gasteiger partial charge in [-0.1, -0.05) is 13.0 Å². The number of hydrogen-bond donors (Lipinski definition) is 2. The van der Waals surface area contributed by atoms with E-state index in [0.717, 1.165) is 24.6 Å². The molecule has 1 saturated heterocycles. The van der Waals surface area contributed by atoms with E-state index in [4.69, 9.17) is 4.74 Å². The van der Waals surface area contributed by atoms with Gasteiger partial charge in [0.15, 0.2) is 0 Å². The van der Waals surface area contributed by atoms with Crippen LogP contribution < -0.4 is 9.46 Å². The number of sulfonamides is 1. The van der Waals surface area contributed by atoms with E-state index in [1.807, 2.05) is 11.8 Å². The lowest BCUT2D eigenvalue weighted by Gasteiger charge is -2.30. The normalized spacial score (nSPS) is 21.9. The molecule has 2 aromatic rings. The molecular weight excluding hydrogens is 570 g/mol. The van der Waals surface area contributed by atoms with Crippen LogP contribution in [-0.2, 0) is 21.2 Å². The van der Waals surface area contributed by atoms with E-state index in [1.165, 1.54) is 6.07 Å². The number of likely N-dealkylation sites (tertiary alicyclic amines) is 1. The van der Waals surface area contributed by atoms with E-state index in [-0.39, 0.29) is 41.4 Å². The van der Waals surface area contributed by atoms with Crippen molar-refractivity contribution in [2.24, 2.45) is 5.92 Å². The quantitative estimate of drug-likeness (QED) is 0.421. The number of anilines is 1. The second-order valence-corrected chi connectivity index (χ2v) is 12.2. The second kappa shape index (κ2) is 10.8. The summed E-state index contributed by atoms with van der Waals surface area (Å²) in [5.41, 5.74) is -0.0874. The van der Waals surface area contributed by atoms with Crippen LogP contribution in [0.2, 0.25) is 0 Å². The van der Waals surface area contributed by atoms with E-state index >= 15 is 0 Å². The number of fused-ring (bicyclic) bond motifs is 3. The molecule has 5 rings (SSSR count). The van der Waals surface area contributed by atoms with Crippen molar-refractivity contribution in [3.8, 4) is 5.75 Å². The number of ether oxygens (including phenoxy) is 1. The molecule has 2 heterocycles. The van der Waals surface area contributed by atoms with E-state index in [1.54, 1.807) is 6.07 Å². The zero-order valence-corrected chi connectivity index (χ0v) is 22.9. The first kappa shape index (κ1) is 29.1. The number of halogens is 4. The minimum absolute atomic E-state index is 0.0924. The number of carbonyl (C=O) groups excluding carboxylic acids is 1. The summed E-state index contributed by atoms with van der Waals surface area (Å²) in [4.78, 5) is 26.6. The van der Waals surface area contributed by atoms with Crippen LogP contribution in [-0.4, -0.2) is 80.2 Å². The summed E-state index contributed by atoms with van der Waals surface area (Å²) < 4.78 is 89.5. The lowest BCUT2D eigenvalue weighted by atomic mass is 10.0. The average molecular weight is 600 g/mol. The molecule has 41 heavy (non-hydrogen) atoms. The fraction of sp³-hybridized carbons (Fsp3) is 0.481. The summed E-state index contributed by atoms with van der Waals surface area (Å²) in [6.07, 6.45) is -4.37. The fourth-order valence-electron chi connectivity index (χ4n) is 5.76. The van der Waals surface area contributed by atoms with Crippen LogP contribution in [0.4, 0.5) is 23.2 Å². The fourth-order valence-corrected chi connectivity index (χ4v) is 7.08. The van der Waals surface area contributed by atoms with Crippen LogP contribution in [0, 0.1) is 11.7 Å². The Bertz CT molecular complexity index is 1480. The molecular formula is C27H29F4N3O6S. The molecule has 0 aromatic heterocycles. The number of amides is 1. The number of carboxylic acids is 1. The summed E-state index contributed by atoms with van der Waals surface area (Å²) in [5, 5.41) is 9.89. The number of rotatable bonds is 9. The predicted octanol–water partition coefficient (Wildman–Crippen LogP) is 3.85. The first-order valence-electron chi connectivity index (χ1n) is 13.2. The van der Waals surface area contributed by atoms with Gasteiger partial charge in [-0.05, 0) is 67.1 Å².